The van der Waals surface area contributed by atoms with E-state index in [1.807, 2.05) is 31.0 Å². The summed E-state index contributed by atoms with van der Waals surface area (Å²) in [5.74, 6) is 0.157. The number of amides is 1. The maximum atomic E-state index is 12.6. The summed E-state index contributed by atoms with van der Waals surface area (Å²) in [4.78, 5) is 14.7. The summed E-state index contributed by atoms with van der Waals surface area (Å²) in [5.41, 5.74) is 7.39. The first kappa shape index (κ1) is 21.3. The van der Waals surface area contributed by atoms with Crippen LogP contribution in [0.1, 0.15) is 57.4 Å². The standard InChI is InChI=1S/C21H33N3O3S/c1-3-15-7-13-19(14-8-15)28(26,27)23-17-11-9-16(10-12-17)20(22)21(25)24(2)18-5-4-6-18/h7-8,13-14,16-18,20,23H,3-6,9-12,22H2,1-2H3/t16?,17?,20-/m0/s1. The Morgan fingerprint density at radius 1 is 1.14 bits per heavy atom. The monoisotopic (exact) mass is 407 g/mol. The summed E-state index contributed by atoms with van der Waals surface area (Å²) < 4.78 is 28.1. The second kappa shape index (κ2) is 8.93. The zero-order chi connectivity index (χ0) is 20.3. The van der Waals surface area contributed by atoms with E-state index in [1.54, 1.807) is 12.1 Å². The molecule has 1 aromatic rings. The van der Waals surface area contributed by atoms with Crippen LogP contribution in [0.4, 0.5) is 0 Å². The molecule has 156 valence electrons. The lowest BCUT2D eigenvalue weighted by Crippen LogP contribution is -2.52. The normalized spacial score (nSPS) is 24.4. The number of nitrogens with two attached hydrogens (primary N) is 1. The van der Waals surface area contributed by atoms with Crippen LogP contribution in [0, 0.1) is 5.92 Å². The second-order valence-corrected chi connectivity index (χ2v) is 10.0. The Kier molecular flexibility index (Phi) is 6.78. The van der Waals surface area contributed by atoms with Crippen LogP contribution in [0.2, 0.25) is 0 Å². The van der Waals surface area contributed by atoms with E-state index >= 15 is 0 Å². The number of nitrogens with one attached hydrogen (secondary N) is 1. The van der Waals surface area contributed by atoms with Crippen LogP contribution >= 0.6 is 0 Å². The molecule has 1 aromatic carbocycles. The molecule has 3 N–H and O–H groups in total. The molecule has 0 unspecified atom stereocenters. The van der Waals surface area contributed by atoms with E-state index in [1.165, 1.54) is 6.42 Å². The van der Waals surface area contributed by atoms with Crippen molar-refractivity contribution in [2.75, 3.05) is 7.05 Å². The average molecular weight is 408 g/mol. The molecule has 7 heteroatoms. The zero-order valence-corrected chi connectivity index (χ0v) is 17.7. The first-order valence-corrected chi connectivity index (χ1v) is 11.9. The van der Waals surface area contributed by atoms with Crippen molar-refractivity contribution in [3.05, 3.63) is 29.8 Å². The maximum Gasteiger partial charge on any atom is 0.240 e. The number of hydrogen-bond donors (Lipinski definition) is 2. The third-order valence-electron chi connectivity index (χ3n) is 6.50. The van der Waals surface area contributed by atoms with Crippen molar-refractivity contribution >= 4 is 15.9 Å². The molecule has 2 saturated carbocycles. The molecule has 1 atom stereocenters. The Morgan fingerprint density at radius 3 is 2.25 bits per heavy atom. The van der Waals surface area contributed by atoms with Crippen LogP contribution in [-0.4, -0.2) is 44.4 Å². The van der Waals surface area contributed by atoms with Crippen LogP contribution < -0.4 is 10.5 Å². The number of hydrogen-bond acceptors (Lipinski definition) is 4. The molecule has 0 radical (unpaired) electrons. The van der Waals surface area contributed by atoms with Crippen molar-refractivity contribution in [3.63, 3.8) is 0 Å². The third kappa shape index (κ3) is 4.75. The lowest BCUT2D eigenvalue weighted by Gasteiger charge is -2.38. The van der Waals surface area contributed by atoms with E-state index in [4.69, 9.17) is 5.73 Å². The summed E-state index contributed by atoms with van der Waals surface area (Å²) >= 11 is 0. The van der Waals surface area contributed by atoms with Crippen molar-refractivity contribution < 1.29 is 13.2 Å². The van der Waals surface area contributed by atoms with E-state index in [9.17, 15) is 13.2 Å². The first-order valence-electron chi connectivity index (χ1n) is 10.5. The third-order valence-corrected chi connectivity index (χ3v) is 8.04. The van der Waals surface area contributed by atoms with E-state index in [0.29, 0.717) is 23.8 Å². The van der Waals surface area contributed by atoms with Gasteiger partial charge >= 0.3 is 0 Å². The molecule has 2 aliphatic rings. The highest BCUT2D eigenvalue weighted by atomic mass is 32.2. The predicted octanol–water partition coefficient (Wildman–Crippen LogP) is 2.42. The minimum atomic E-state index is -3.52. The van der Waals surface area contributed by atoms with Gasteiger partial charge in [-0.15, -0.1) is 0 Å². The molecule has 0 heterocycles. The Balaban J connectivity index is 1.52. The van der Waals surface area contributed by atoms with E-state index in [0.717, 1.165) is 37.7 Å². The van der Waals surface area contributed by atoms with Crippen molar-refractivity contribution in [2.45, 2.75) is 81.3 Å². The number of carbonyl (C=O) groups is 1. The highest BCUT2D eigenvalue weighted by molar-refractivity contribution is 7.89. The minimum Gasteiger partial charge on any atom is -0.341 e. The largest absolute Gasteiger partial charge is 0.341 e. The molecule has 2 fully saturated rings. The fourth-order valence-electron chi connectivity index (χ4n) is 4.18. The average Bonchev–Trinajstić information content (AvgIpc) is 2.65. The summed E-state index contributed by atoms with van der Waals surface area (Å²) in [6.07, 6.45) is 7.18. The van der Waals surface area contributed by atoms with Gasteiger partial charge in [0.25, 0.3) is 0 Å². The van der Waals surface area contributed by atoms with Crippen molar-refractivity contribution in [1.29, 1.82) is 0 Å². The van der Waals surface area contributed by atoms with Gasteiger partial charge in [-0.05, 0) is 75.0 Å². The van der Waals surface area contributed by atoms with Crippen LogP contribution in [0.15, 0.2) is 29.2 Å². The Bertz CT molecular complexity index is 767. The predicted molar refractivity (Wildman–Crippen MR) is 110 cm³/mol. The number of benzene rings is 1. The van der Waals surface area contributed by atoms with Gasteiger partial charge in [0.2, 0.25) is 15.9 Å². The molecule has 3 rings (SSSR count). The number of rotatable bonds is 7. The van der Waals surface area contributed by atoms with Crippen LogP contribution in [-0.2, 0) is 21.2 Å². The molecule has 0 aromatic heterocycles. The topological polar surface area (TPSA) is 92.5 Å². The van der Waals surface area contributed by atoms with Gasteiger partial charge in [0.05, 0.1) is 10.9 Å². The fraction of sp³-hybridized carbons (Fsp3) is 0.667. The Morgan fingerprint density at radius 2 is 1.75 bits per heavy atom. The molecule has 0 saturated heterocycles. The summed E-state index contributed by atoms with van der Waals surface area (Å²) in [6.45, 7) is 2.04. The summed E-state index contributed by atoms with van der Waals surface area (Å²) in [7, 11) is -1.66. The van der Waals surface area contributed by atoms with Gasteiger partial charge in [-0.1, -0.05) is 19.1 Å². The maximum absolute atomic E-state index is 12.6. The summed E-state index contributed by atoms with van der Waals surface area (Å²) in [6, 6.07) is 6.81. The number of sulfonamides is 1. The highest BCUT2D eigenvalue weighted by Gasteiger charge is 2.35. The molecule has 0 aliphatic heterocycles. The molecule has 6 nitrogen and oxygen atoms in total. The molecule has 2 aliphatic carbocycles. The van der Waals surface area contributed by atoms with Crippen LogP contribution in [0.25, 0.3) is 0 Å². The number of likely N-dealkylation sites (N-methyl/N-ethyl adjacent to an activating group) is 1. The van der Waals surface area contributed by atoms with Crippen molar-refractivity contribution in [1.82, 2.24) is 9.62 Å². The van der Waals surface area contributed by atoms with Gasteiger partial charge in [0.15, 0.2) is 0 Å². The van der Waals surface area contributed by atoms with Crippen LogP contribution in [0.3, 0.4) is 0 Å². The van der Waals surface area contributed by atoms with Crippen molar-refractivity contribution in [2.24, 2.45) is 11.7 Å². The second-order valence-electron chi connectivity index (χ2n) is 8.29. The lowest BCUT2D eigenvalue weighted by atomic mass is 9.81. The first-order chi connectivity index (χ1) is 13.3. The quantitative estimate of drug-likeness (QED) is 0.726. The molecule has 0 bridgehead atoms. The number of aryl methyl sites for hydroxylation is 1. The van der Waals surface area contributed by atoms with Gasteiger partial charge in [-0.3, -0.25) is 4.79 Å². The van der Waals surface area contributed by atoms with E-state index in [2.05, 4.69) is 4.72 Å². The molecule has 0 spiro atoms. The highest BCUT2D eigenvalue weighted by Crippen LogP contribution is 2.30. The molecular weight excluding hydrogens is 374 g/mol. The SMILES string of the molecule is CCc1ccc(S(=O)(=O)NC2CCC([C@H](N)C(=O)N(C)C3CCC3)CC2)cc1. The van der Waals surface area contributed by atoms with Crippen LogP contribution in [0.5, 0.6) is 0 Å². The lowest BCUT2D eigenvalue weighted by molar-refractivity contribution is -0.136. The molecular formula is C21H33N3O3S. The van der Waals surface area contributed by atoms with E-state index in [-0.39, 0.29) is 17.9 Å². The van der Waals surface area contributed by atoms with E-state index < -0.39 is 16.1 Å². The van der Waals surface area contributed by atoms with Crippen molar-refractivity contribution in [3.8, 4) is 0 Å². The van der Waals surface area contributed by atoms with Gasteiger partial charge in [-0.2, -0.15) is 0 Å². The molecule has 28 heavy (non-hydrogen) atoms. The summed E-state index contributed by atoms with van der Waals surface area (Å²) in [5, 5.41) is 0. The van der Waals surface area contributed by atoms with Gasteiger partial charge in [0.1, 0.15) is 0 Å². The Labute approximate surface area is 168 Å². The van der Waals surface area contributed by atoms with Gasteiger partial charge in [-0.25, -0.2) is 13.1 Å². The van der Waals surface area contributed by atoms with Gasteiger partial charge < -0.3 is 10.6 Å². The minimum absolute atomic E-state index is 0.0322. The zero-order valence-electron chi connectivity index (χ0n) is 16.9. The Hall–Kier alpha value is -1.44. The van der Waals surface area contributed by atoms with Gasteiger partial charge in [0, 0.05) is 19.1 Å². The molecule has 1 amide bonds. The number of nitrogens with zero attached hydrogens (tertiary/aromatic N) is 1. The number of carbonyl (C=O) groups excluding carboxylic acids is 1. The smallest absolute Gasteiger partial charge is 0.240 e. The fourth-order valence-corrected chi connectivity index (χ4v) is 5.48.